The number of hydrogen-bond donors (Lipinski definition) is 2. The molecule has 1 atom stereocenters. The van der Waals surface area contributed by atoms with Crippen molar-refractivity contribution in [3.63, 3.8) is 0 Å². The average molecular weight is 852 g/mol. The maximum Gasteiger partial charge on any atom is 0.417 e. The molecule has 14 nitrogen and oxygen atoms in total. The lowest BCUT2D eigenvalue weighted by atomic mass is 9.71. The summed E-state index contributed by atoms with van der Waals surface area (Å²) >= 11 is 0. The van der Waals surface area contributed by atoms with Gasteiger partial charge in [-0.2, -0.15) is 18.4 Å². The Balaban J connectivity index is 0.691. The number of rotatable bonds is 8. The van der Waals surface area contributed by atoms with Gasteiger partial charge in [-0.05, 0) is 112 Å². The summed E-state index contributed by atoms with van der Waals surface area (Å²) in [5, 5.41) is 14.3. The van der Waals surface area contributed by atoms with Crippen LogP contribution in [0.1, 0.15) is 83.2 Å². The summed E-state index contributed by atoms with van der Waals surface area (Å²) in [6.45, 7) is 7.66. The number of nitriles is 1. The molecule has 0 aliphatic carbocycles. The lowest BCUT2D eigenvalue weighted by Crippen LogP contribution is -2.60. The molecule has 324 valence electrons. The van der Waals surface area contributed by atoms with Crippen LogP contribution in [0.3, 0.4) is 0 Å². The molecule has 1 unspecified atom stereocenters. The van der Waals surface area contributed by atoms with Crippen LogP contribution in [-0.2, 0) is 20.6 Å². The third-order valence-corrected chi connectivity index (χ3v) is 13.9. The number of imide groups is 2. The summed E-state index contributed by atoms with van der Waals surface area (Å²) in [5.41, 5.74) is 1.82. The number of amides is 5. The maximum atomic E-state index is 13.5. The molecule has 5 amide bonds. The van der Waals surface area contributed by atoms with Crippen LogP contribution in [0.25, 0.3) is 0 Å². The molecule has 17 heteroatoms. The maximum absolute atomic E-state index is 13.5. The zero-order chi connectivity index (χ0) is 43.3. The van der Waals surface area contributed by atoms with E-state index in [2.05, 4.69) is 30.3 Å². The SMILES string of the molecule is N#Cc1ccc(N2CCC(C(=O)Nc3ccc(N4CC5(CCN(CC6CCN(c7ccc8c(c7)C(=O)N(C7CCC(=O)NC7=O)C8=O)CC6)CC5)C4)cn3)CC2)cc1C(F)(F)F. The van der Waals surface area contributed by atoms with Crippen molar-refractivity contribution in [3.8, 4) is 6.07 Å². The number of likely N-dealkylation sites (tertiary alicyclic amines) is 1. The molecular weight excluding hydrogens is 804 g/mol. The fourth-order valence-corrected chi connectivity index (χ4v) is 10.2. The van der Waals surface area contributed by atoms with Crippen LogP contribution in [0.4, 0.5) is 36.1 Å². The fraction of sp³-hybridized carbons (Fsp3) is 0.489. The van der Waals surface area contributed by atoms with Gasteiger partial charge < -0.3 is 24.9 Å². The summed E-state index contributed by atoms with van der Waals surface area (Å²) in [7, 11) is 0. The first-order chi connectivity index (χ1) is 29.8. The molecule has 6 aliphatic heterocycles. The summed E-state index contributed by atoms with van der Waals surface area (Å²) in [4.78, 5) is 78.2. The smallest absolute Gasteiger partial charge is 0.371 e. The van der Waals surface area contributed by atoms with Gasteiger partial charge in [0.2, 0.25) is 17.7 Å². The van der Waals surface area contributed by atoms with E-state index in [1.165, 1.54) is 12.1 Å². The molecule has 62 heavy (non-hydrogen) atoms. The van der Waals surface area contributed by atoms with Crippen LogP contribution < -0.4 is 25.3 Å². The first-order valence-electron chi connectivity index (χ1n) is 21.5. The van der Waals surface area contributed by atoms with Crippen LogP contribution in [-0.4, -0.2) is 109 Å². The molecule has 3 aromatic rings. The number of halogens is 3. The molecule has 9 rings (SSSR count). The Morgan fingerprint density at radius 2 is 1.45 bits per heavy atom. The average Bonchev–Trinajstić information content (AvgIpc) is 3.51. The van der Waals surface area contributed by atoms with Crippen LogP contribution in [0.5, 0.6) is 0 Å². The molecule has 0 saturated carbocycles. The number of pyridine rings is 1. The van der Waals surface area contributed by atoms with E-state index in [0.717, 1.165) is 93.8 Å². The number of aromatic nitrogens is 1. The van der Waals surface area contributed by atoms with Crippen LogP contribution >= 0.6 is 0 Å². The predicted octanol–water partition coefficient (Wildman–Crippen LogP) is 5.05. The number of nitrogens with one attached hydrogen (secondary N) is 2. The van der Waals surface area contributed by atoms with E-state index in [9.17, 15) is 37.1 Å². The van der Waals surface area contributed by atoms with Crippen molar-refractivity contribution < 1.29 is 37.1 Å². The second-order valence-electron chi connectivity index (χ2n) is 17.8. The third-order valence-electron chi connectivity index (χ3n) is 13.9. The molecule has 2 aromatic carbocycles. The van der Waals surface area contributed by atoms with E-state index in [-0.39, 0.29) is 30.1 Å². The summed E-state index contributed by atoms with van der Waals surface area (Å²) in [6.07, 6.45) is 2.68. The van der Waals surface area contributed by atoms with E-state index in [1.54, 1.807) is 24.4 Å². The van der Waals surface area contributed by atoms with Crippen molar-refractivity contribution in [1.29, 1.82) is 5.26 Å². The van der Waals surface area contributed by atoms with Gasteiger partial charge in [0.15, 0.2) is 0 Å². The van der Waals surface area contributed by atoms with E-state index >= 15 is 0 Å². The molecule has 5 fully saturated rings. The lowest BCUT2D eigenvalue weighted by Gasteiger charge is -2.55. The van der Waals surface area contributed by atoms with Gasteiger partial charge in [0.05, 0.1) is 40.2 Å². The van der Waals surface area contributed by atoms with Gasteiger partial charge in [0, 0.05) is 74.9 Å². The fourth-order valence-electron chi connectivity index (χ4n) is 10.2. The first-order valence-corrected chi connectivity index (χ1v) is 21.5. The van der Waals surface area contributed by atoms with Gasteiger partial charge >= 0.3 is 6.18 Å². The number of carbonyl (C=O) groups is 5. The summed E-state index contributed by atoms with van der Waals surface area (Å²) in [5.74, 6) is -1.40. The number of anilines is 4. The second kappa shape index (κ2) is 16.4. The number of hydrogen-bond acceptors (Lipinski definition) is 11. The normalized spacial score (nSPS) is 22.4. The van der Waals surface area contributed by atoms with E-state index in [0.29, 0.717) is 54.5 Å². The monoisotopic (exact) mass is 851 g/mol. The highest BCUT2D eigenvalue weighted by Gasteiger charge is 2.46. The highest BCUT2D eigenvalue weighted by Crippen LogP contribution is 2.43. The van der Waals surface area contributed by atoms with E-state index in [1.807, 2.05) is 23.1 Å². The Hall–Kier alpha value is -6.02. The molecule has 1 spiro atoms. The van der Waals surface area contributed by atoms with Crippen molar-refractivity contribution in [1.82, 2.24) is 20.1 Å². The molecular formula is C45H48F3N9O5. The Kier molecular flexibility index (Phi) is 10.9. The Labute approximate surface area is 357 Å². The minimum Gasteiger partial charge on any atom is -0.371 e. The highest BCUT2D eigenvalue weighted by molar-refractivity contribution is 6.23. The topological polar surface area (TPSA) is 162 Å². The zero-order valence-corrected chi connectivity index (χ0v) is 34.3. The van der Waals surface area contributed by atoms with Gasteiger partial charge in [-0.3, -0.25) is 34.2 Å². The van der Waals surface area contributed by atoms with Crippen LogP contribution in [0, 0.1) is 28.6 Å². The second-order valence-corrected chi connectivity index (χ2v) is 17.8. The molecule has 1 aromatic heterocycles. The van der Waals surface area contributed by atoms with Crippen molar-refractivity contribution in [3.05, 3.63) is 77.0 Å². The van der Waals surface area contributed by atoms with Crippen molar-refractivity contribution in [2.75, 3.05) is 78.9 Å². The number of carbonyl (C=O) groups excluding carboxylic acids is 5. The van der Waals surface area contributed by atoms with Gasteiger partial charge in [-0.25, -0.2) is 4.98 Å². The van der Waals surface area contributed by atoms with E-state index in [4.69, 9.17) is 5.26 Å². The van der Waals surface area contributed by atoms with Gasteiger partial charge in [-0.1, -0.05) is 0 Å². The third kappa shape index (κ3) is 8.07. The van der Waals surface area contributed by atoms with Gasteiger partial charge in [-0.15, -0.1) is 0 Å². The minimum atomic E-state index is -4.62. The molecule has 7 heterocycles. The summed E-state index contributed by atoms with van der Waals surface area (Å²) in [6, 6.07) is 13.5. The Morgan fingerprint density at radius 3 is 2.10 bits per heavy atom. The van der Waals surface area contributed by atoms with Crippen molar-refractivity contribution in [2.45, 2.75) is 63.6 Å². The van der Waals surface area contributed by atoms with Gasteiger partial charge in [0.25, 0.3) is 11.8 Å². The molecule has 0 radical (unpaired) electrons. The predicted molar refractivity (Wildman–Crippen MR) is 222 cm³/mol. The largest absolute Gasteiger partial charge is 0.417 e. The molecule has 6 aliphatic rings. The molecule has 0 bridgehead atoms. The molecule has 5 saturated heterocycles. The van der Waals surface area contributed by atoms with Crippen LogP contribution in [0.2, 0.25) is 0 Å². The van der Waals surface area contributed by atoms with E-state index < -0.39 is 47.0 Å². The standard InChI is InChI=1S/C45H48F3N9O5/c46-45(47,48)36-22-32(2-1-30(36)23-49)55-17-11-29(12-18-55)40(59)51-38-7-4-33(24-50-38)56-26-44(27-56)13-19-53(20-14-44)25-28-9-15-54(16-10-28)31-3-5-34-35(21-31)43(62)57(42(34)61)37-6-8-39(58)52-41(37)60/h1-5,7,21-22,24,28-29,37H,6,8-20,25-27H2,(H,50,51,59)(H,52,58,60). The van der Waals surface area contributed by atoms with Gasteiger partial charge in [0.1, 0.15) is 11.9 Å². The Bertz CT molecular complexity index is 2320. The minimum absolute atomic E-state index is 0.0851. The zero-order valence-electron chi connectivity index (χ0n) is 34.3. The van der Waals surface area contributed by atoms with Crippen LogP contribution in [0.15, 0.2) is 54.7 Å². The highest BCUT2D eigenvalue weighted by atomic mass is 19.4. The molecule has 2 N–H and O–H groups in total. The number of piperidine rings is 4. The van der Waals surface area contributed by atoms with Crippen molar-refractivity contribution >= 4 is 52.4 Å². The number of fused-ring (bicyclic) bond motifs is 1. The first kappa shape index (κ1) is 41.3. The number of alkyl halides is 3. The number of nitrogens with zero attached hydrogens (tertiary/aromatic N) is 7. The number of benzene rings is 2. The lowest BCUT2D eigenvalue weighted by molar-refractivity contribution is -0.138. The van der Waals surface area contributed by atoms with Crippen molar-refractivity contribution in [2.24, 2.45) is 17.3 Å². The summed E-state index contributed by atoms with van der Waals surface area (Å²) < 4.78 is 40.4. The quantitative estimate of drug-likeness (QED) is 0.292. The Morgan fingerprint density at radius 1 is 0.806 bits per heavy atom.